The minimum absolute atomic E-state index is 0.329. The second-order valence-electron chi connectivity index (χ2n) is 3.11. The third-order valence-corrected chi connectivity index (χ3v) is 2.11. The summed E-state index contributed by atoms with van der Waals surface area (Å²) < 4.78 is 0. The number of aromatic hydroxyl groups is 1. The normalized spacial score (nSPS) is 11.7. The maximum absolute atomic E-state index is 9.12. The van der Waals surface area contributed by atoms with E-state index < -0.39 is 0 Å². The van der Waals surface area contributed by atoms with Crippen LogP contribution >= 0.6 is 0 Å². The molecule has 0 saturated heterocycles. The Labute approximate surface area is 79.7 Å². The molecule has 0 unspecified atom stereocenters. The van der Waals surface area contributed by atoms with Crippen LogP contribution in [0.25, 0.3) is 5.57 Å². The standard InChI is InChI=1S/C12H16O/c1-3-5-10(4-2)11-6-8-12(13)9-7-11/h4,6-9,13H,3,5H2,1-2H3. The number of benzene rings is 1. The highest BCUT2D eigenvalue weighted by Crippen LogP contribution is 2.21. The van der Waals surface area contributed by atoms with Gasteiger partial charge in [-0.3, -0.25) is 0 Å². The summed E-state index contributed by atoms with van der Waals surface area (Å²) >= 11 is 0. The lowest BCUT2D eigenvalue weighted by molar-refractivity contribution is 0.475. The zero-order valence-electron chi connectivity index (χ0n) is 8.25. The molecule has 1 aromatic carbocycles. The first-order chi connectivity index (χ1) is 6.27. The Balaban J connectivity index is 2.87. The average molecular weight is 176 g/mol. The molecule has 0 aliphatic heterocycles. The Morgan fingerprint density at radius 1 is 1.31 bits per heavy atom. The van der Waals surface area contributed by atoms with Crippen LogP contribution in [0.3, 0.4) is 0 Å². The zero-order chi connectivity index (χ0) is 9.68. The molecule has 0 heterocycles. The summed E-state index contributed by atoms with van der Waals surface area (Å²) in [4.78, 5) is 0. The van der Waals surface area contributed by atoms with E-state index in [9.17, 15) is 0 Å². The molecule has 0 aliphatic rings. The Morgan fingerprint density at radius 3 is 2.38 bits per heavy atom. The number of allylic oxidation sites excluding steroid dienone is 2. The van der Waals surface area contributed by atoms with Gasteiger partial charge in [0.05, 0.1) is 0 Å². The van der Waals surface area contributed by atoms with Crippen molar-refractivity contribution in [2.45, 2.75) is 26.7 Å². The molecule has 1 heteroatoms. The molecular formula is C12H16O. The predicted molar refractivity (Wildman–Crippen MR) is 56.7 cm³/mol. The van der Waals surface area contributed by atoms with Crippen molar-refractivity contribution >= 4 is 5.57 Å². The molecule has 0 fully saturated rings. The van der Waals surface area contributed by atoms with E-state index in [1.54, 1.807) is 12.1 Å². The summed E-state index contributed by atoms with van der Waals surface area (Å²) in [6.07, 6.45) is 4.39. The number of phenolic OH excluding ortho intramolecular Hbond substituents is 1. The number of rotatable bonds is 3. The molecular weight excluding hydrogens is 160 g/mol. The molecule has 13 heavy (non-hydrogen) atoms. The Hall–Kier alpha value is -1.24. The van der Waals surface area contributed by atoms with Crippen molar-refractivity contribution < 1.29 is 5.11 Å². The average Bonchev–Trinajstić information content (AvgIpc) is 2.16. The number of hydrogen-bond acceptors (Lipinski definition) is 1. The topological polar surface area (TPSA) is 20.2 Å². The van der Waals surface area contributed by atoms with E-state index in [2.05, 4.69) is 19.9 Å². The molecule has 0 aliphatic carbocycles. The largest absolute Gasteiger partial charge is 0.508 e. The maximum atomic E-state index is 9.12. The fourth-order valence-corrected chi connectivity index (χ4v) is 1.40. The van der Waals surface area contributed by atoms with Gasteiger partial charge in [0, 0.05) is 0 Å². The van der Waals surface area contributed by atoms with Gasteiger partial charge in [0.25, 0.3) is 0 Å². The highest BCUT2D eigenvalue weighted by Gasteiger charge is 1.98. The van der Waals surface area contributed by atoms with Crippen LogP contribution in [0, 0.1) is 0 Å². The third-order valence-electron chi connectivity index (χ3n) is 2.11. The van der Waals surface area contributed by atoms with Crippen LogP contribution < -0.4 is 0 Å². The first kappa shape index (κ1) is 9.85. The molecule has 0 saturated carbocycles. The smallest absolute Gasteiger partial charge is 0.115 e. The van der Waals surface area contributed by atoms with E-state index in [0.717, 1.165) is 12.8 Å². The van der Waals surface area contributed by atoms with Gasteiger partial charge in [-0.05, 0) is 36.6 Å². The van der Waals surface area contributed by atoms with Crippen LogP contribution in [0.1, 0.15) is 32.3 Å². The Morgan fingerprint density at radius 2 is 1.92 bits per heavy atom. The van der Waals surface area contributed by atoms with Crippen LogP contribution in [0.2, 0.25) is 0 Å². The van der Waals surface area contributed by atoms with E-state index in [1.807, 2.05) is 12.1 Å². The van der Waals surface area contributed by atoms with E-state index >= 15 is 0 Å². The monoisotopic (exact) mass is 176 g/mol. The second-order valence-corrected chi connectivity index (χ2v) is 3.11. The van der Waals surface area contributed by atoms with Crippen LogP contribution in [-0.4, -0.2) is 5.11 Å². The summed E-state index contributed by atoms with van der Waals surface area (Å²) in [6.45, 7) is 4.22. The molecule has 0 amide bonds. The van der Waals surface area contributed by atoms with Gasteiger partial charge in [-0.25, -0.2) is 0 Å². The highest BCUT2D eigenvalue weighted by molar-refractivity contribution is 5.65. The van der Waals surface area contributed by atoms with Crippen LogP contribution in [0.15, 0.2) is 30.3 Å². The fourth-order valence-electron chi connectivity index (χ4n) is 1.40. The minimum Gasteiger partial charge on any atom is -0.508 e. The van der Waals surface area contributed by atoms with E-state index in [0.29, 0.717) is 5.75 Å². The SMILES string of the molecule is CC=C(CCC)c1ccc(O)cc1. The van der Waals surface area contributed by atoms with Crippen LogP contribution in [0.4, 0.5) is 0 Å². The fraction of sp³-hybridized carbons (Fsp3) is 0.333. The van der Waals surface area contributed by atoms with Crippen molar-refractivity contribution in [3.63, 3.8) is 0 Å². The molecule has 1 rings (SSSR count). The van der Waals surface area contributed by atoms with E-state index in [1.165, 1.54) is 11.1 Å². The van der Waals surface area contributed by atoms with Gasteiger partial charge in [0.2, 0.25) is 0 Å². The molecule has 1 nitrogen and oxygen atoms in total. The van der Waals surface area contributed by atoms with Gasteiger partial charge < -0.3 is 5.11 Å². The molecule has 0 bridgehead atoms. The zero-order valence-corrected chi connectivity index (χ0v) is 8.25. The second kappa shape index (κ2) is 4.70. The lowest BCUT2D eigenvalue weighted by Gasteiger charge is -2.05. The van der Waals surface area contributed by atoms with Crippen molar-refractivity contribution in [1.29, 1.82) is 0 Å². The van der Waals surface area contributed by atoms with Crippen molar-refractivity contribution in [2.75, 3.05) is 0 Å². The van der Waals surface area contributed by atoms with Gasteiger partial charge in [-0.2, -0.15) is 0 Å². The number of hydrogen-bond donors (Lipinski definition) is 1. The van der Waals surface area contributed by atoms with Crippen molar-refractivity contribution in [1.82, 2.24) is 0 Å². The van der Waals surface area contributed by atoms with Crippen molar-refractivity contribution in [3.05, 3.63) is 35.9 Å². The molecule has 0 aromatic heterocycles. The summed E-state index contributed by atoms with van der Waals surface area (Å²) in [5.74, 6) is 0.329. The molecule has 0 radical (unpaired) electrons. The minimum atomic E-state index is 0.329. The van der Waals surface area contributed by atoms with E-state index in [4.69, 9.17) is 5.11 Å². The van der Waals surface area contributed by atoms with Gasteiger partial charge >= 0.3 is 0 Å². The van der Waals surface area contributed by atoms with Crippen LogP contribution in [-0.2, 0) is 0 Å². The Bertz CT molecular complexity index is 282. The molecule has 70 valence electrons. The summed E-state index contributed by atoms with van der Waals surface area (Å²) in [5.41, 5.74) is 2.56. The van der Waals surface area contributed by atoms with Gasteiger partial charge in [0.15, 0.2) is 0 Å². The highest BCUT2D eigenvalue weighted by atomic mass is 16.3. The molecule has 0 spiro atoms. The van der Waals surface area contributed by atoms with Gasteiger partial charge in [-0.1, -0.05) is 31.6 Å². The van der Waals surface area contributed by atoms with Crippen molar-refractivity contribution in [2.24, 2.45) is 0 Å². The maximum Gasteiger partial charge on any atom is 0.115 e. The lowest BCUT2D eigenvalue weighted by atomic mass is 10.0. The third kappa shape index (κ3) is 2.62. The van der Waals surface area contributed by atoms with Gasteiger partial charge in [0.1, 0.15) is 5.75 Å². The lowest BCUT2D eigenvalue weighted by Crippen LogP contribution is -1.82. The Kier molecular flexibility index (Phi) is 3.56. The summed E-state index contributed by atoms with van der Waals surface area (Å²) in [6, 6.07) is 7.38. The first-order valence-electron chi connectivity index (χ1n) is 4.72. The number of phenols is 1. The van der Waals surface area contributed by atoms with Crippen LogP contribution in [0.5, 0.6) is 5.75 Å². The van der Waals surface area contributed by atoms with Gasteiger partial charge in [-0.15, -0.1) is 0 Å². The first-order valence-corrected chi connectivity index (χ1v) is 4.72. The molecule has 0 atom stereocenters. The quantitative estimate of drug-likeness (QED) is 0.746. The summed E-state index contributed by atoms with van der Waals surface area (Å²) in [7, 11) is 0. The molecule has 1 aromatic rings. The predicted octanol–water partition coefficient (Wildman–Crippen LogP) is 3.60. The molecule has 1 N–H and O–H groups in total. The van der Waals surface area contributed by atoms with E-state index in [-0.39, 0.29) is 0 Å². The van der Waals surface area contributed by atoms with Crippen molar-refractivity contribution in [3.8, 4) is 5.75 Å². The summed E-state index contributed by atoms with van der Waals surface area (Å²) in [5, 5.41) is 9.12.